The summed E-state index contributed by atoms with van der Waals surface area (Å²) in [7, 11) is -2.14. The van der Waals surface area contributed by atoms with Gasteiger partial charge in [-0.15, -0.1) is 6.58 Å². The van der Waals surface area contributed by atoms with Crippen LogP contribution in [0.5, 0.6) is 0 Å². The maximum Gasteiger partial charge on any atom is 0.245 e. The molecular formula is C12H17BrN2O3S. The summed E-state index contributed by atoms with van der Waals surface area (Å²) in [6.07, 6.45) is 1.53. The van der Waals surface area contributed by atoms with Crippen LogP contribution in [0.3, 0.4) is 0 Å². The molecule has 0 aliphatic carbocycles. The second-order valence-electron chi connectivity index (χ2n) is 3.83. The van der Waals surface area contributed by atoms with Gasteiger partial charge in [0.25, 0.3) is 0 Å². The van der Waals surface area contributed by atoms with Crippen LogP contribution in [-0.2, 0) is 14.8 Å². The summed E-state index contributed by atoms with van der Waals surface area (Å²) in [4.78, 5) is 0.0832. The Morgan fingerprint density at radius 3 is 2.79 bits per heavy atom. The van der Waals surface area contributed by atoms with Gasteiger partial charge in [0.05, 0.1) is 12.3 Å². The Morgan fingerprint density at radius 2 is 2.21 bits per heavy atom. The fourth-order valence-corrected chi connectivity index (χ4v) is 3.57. The minimum Gasteiger partial charge on any atom is -0.398 e. The van der Waals surface area contributed by atoms with Gasteiger partial charge >= 0.3 is 0 Å². The first-order valence-corrected chi connectivity index (χ1v) is 7.81. The lowest BCUT2D eigenvalue weighted by molar-refractivity contribution is 0.182. The maximum atomic E-state index is 12.5. The Bertz CT molecular complexity index is 546. The highest BCUT2D eigenvalue weighted by atomic mass is 79.9. The lowest BCUT2D eigenvalue weighted by atomic mass is 10.3. The summed E-state index contributed by atoms with van der Waals surface area (Å²) in [6.45, 7) is 4.33. The van der Waals surface area contributed by atoms with Crippen LogP contribution in [-0.4, -0.2) is 39.5 Å². The van der Waals surface area contributed by atoms with Gasteiger partial charge in [0.1, 0.15) is 4.90 Å². The molecule has 0 radical (unpaired) electrons. The molecule has 0 aromatic heterocycles. The summed E-state index contributed by atoms with van der Waals surface area (Å²) in [5, 5.41) is 0. The van der Waals surface area contributed by atoms with Crippen LogP contribution >= 0.6 is 15.9 Å². The van der Waals surface area contributed by atoms with Crippen molar-refractivity contribution in [2.24, 2.45) is 0 Å². The monoisotopic (exact) mass is 348 g/mol. The number of anilines is 1. The Labute approximate surface area is 122 Å². The van der Waals surface area contributed by atoms with Crippen molar-refractivity contribution in [3.8, 4) is 0 Å². The molecule has 19 heavy (non-hydrogen) atoms. The average molecular weight is 349 g/mol. The van der Waals surface area contributed by atoms with Crippen molar-refractivity contribution in [2.45, 2.75) is 4.90 Å². The second-order valence-corrected chi connectivity index (χ2v) is 6.65. The Balaban J connectivity index is 3.18. The van der Waals surface area contributed by atoms with E-state index in [2.05, 4.69) is 22.5 Å². The number of halogens is 1. The highest BCUT2D eigenvalue weighted by Crippen LogP contribution is 2.25. The fourth-order valence-electron chi connectivity index (χ4n) is 1.52. The zero-order valence-electron chi connectivity index (χ0n) is 10.7. The van der Waals surface area contributed by atoms with E-state index in [9.17, 15) is 8.42 Å². The first-order chi connectivity index (χ1) is 8.93. The van der Waals surface area contributed by atoms with Crippen molar-refractivity contribution >= 4 is 31.6 Å². The lowest BCUT2D eigenvalue weighted by Gasteiger charge is -2.21. The van der Waals surface area contributed by atoms with Crippen LogP contribution in [0.15, 0.2) is 40.2 Å². The zero-order chi connectivity index (χ0) is 14.5. The molecule has 5 nitrogen and oxygen atoms in total. The lowest BCUT2D eigenvalue weighted by Crippen LogP contribution is -2.34. The average Bonchev–Trinajstić information content (AvgIpc) is 2.37. The van der Waals surface area contributed by atoms with Crippen molar-refractivity contribution in [1.29, 1.82) is 0 Å². The molecule has 1 rings (SSSR count). The molecular weight excluding hydrogens is 332 g/mol. The molecule has 2 N–H and O–H groups in total. The molecule has 7 heteroatoms. The molecule has 0 heterocycles. The quantitative estimate of drug-likeness (QED) is 0.602. The predicted molar refractivity (Wildman–Crippen MR) is 79.4 cm³/mol. The first kappa shape index (κ1) is 16.2. The van der Waals surface area contributed by atoms with E-state index < -0.39 is 10.0 Å². The summed E-state index contributed by atoms with van der Waals surface area (Å²) in [5.41, 5.74) is 5.97. The molecule has 0 bridgehead atoms. The van der Waals surface area contributed by atoms with Gasteiger partial charge in [0, 0.05) is 24.7 Å². The third-order valence-corrected chi connectivity index (χ3v) is 4.89. The molecule has 0 aliphatic rings. The van der Waals surface area contributed by atoms with Crippen LogP contribution in [0.25, 0.3) is 0 Å². The summed E-state index contributed by atoms with van der Waals surface area (Å²) in [6, 6.07) is 4.74. The number of ether oxygens (including phenoxy) is 1. The summed E-state index contributed by atoms with van der Waals surface area (Å²) in [5.74, 6) is 0. The molecule has 0 spiro atoms. The van der Waals surface area contributed by atoms with Crippen molar-refractivity contribution in [2.75, 3.05) is 32.5 Å². The van der Waals surface area contributed by atoms with Crippen LogP contribution in [0.1, 0.15) is 0 Å². The number of nitrogens with two attached hydrogens (primary N) is 1. The first-order valence-electron chi connectivity index (χ1n) is 5.58. The zero-order valence-corrected chi connectivity index (χ0v) is 13.1. The fraction of sp³-hybridized carbons (Fsp3) is 0.333. The van der Waals surface area contributed by atoms with Gasteiger partial charge in [-0.25, -0.2) is 8.42 Å². The van der Waals surface area contributed by atoms with Gasteiger partial charge in [-0.3, -0.25) is 0 Å². The molecule has 0 saturated carbocycles. The van der Waals surface area contributed by atoms with Crippen LogP contribution in [0, 0.1) is 0 Å². The maximum absolute atomic E-state index is 12.5. The molecule has 0 aliphatic heterocycles. The van der Waals surface area contributed by atoms with Gasteiger partial charge in [-0.1, -0.05) is 22.0 Å². The molecule has 0 saturated heterocycles. The van der Waals surface area contributed by atoms with Crippen molar-refractivity contribution < 1.29 is 13.2 Å². The van der Waals surface area contributed by atoms with E-state index >= 15 is 0 Å². The third kappa shape index (κ3) is 4.04. The van der Waals surface area contributed by atoms with Gasteiger partial charge in [-0.2, -0.15) is 4.31 Å². The topological polar surface area (TPSA) is 72.6 Å². The Morgan fingerprint density at radius 1 is 1.53 bits per heavy atom. The van der Waals surface area contributed by atoms with E-state index in [4.69, 9.17) is 10.5 Å². The predicted octanol–water partition coefficient (Wildman–Crippen LogP) is 1.85. The second kappa shape index (κ2) is 7.04. The van der Waals surface area contributed by atoms with Crippen LogP contribution in [0.2, 0.25) is 0 Å². The number of methoxy groups -OCH3 is 1. The molecule has 0 unspecified atom stereocenters. The van der Waals surface area contributed by atoms with Crippen molar-refractivity contribution in [1.82, 2.24) is 4.31 Å². The number of rotatable bonds is 7. The van der Waals surface area contributed by atoms with Crippen molar-refractivity contribution in [3.63, 3.8) is 0 Å². The van der Waals surface area contributed by atoms with E-state index in [-0.39, 0.29) is 23.7 Å². The minimum absolute atomic E-state index is 0.0832. The molecule has 1 aromatic carbocycles. The molecule has 0 amide bonds. The smallest absolute Gasteiger partial charge is 0.245 e. The van der Waals surface area contributed by atoms with E-state index in [0.29, 0.717) is 11.1 Å². The van der Waals surface area contributed by atoms with E-state index in [1.54, 1.807) is 12.1 Å². The summed E-state index contributed by atoms with van der Waals surface area (Å²) < 4.78 is 31.9. The Hall–Kier alpha value is -0.890. The highest BCUT2D eigenvalue weighted by molar-refractivity contribution is 9.10. The van der Waals surface area contributed by atoms with Gasteiger partial charge in [0.2, 0.25) is 10.0 Å². The normalized spacial score (nSPS) is 11.7. The number of benzene rings is 1. The van der Waals surface area contributed by atoms with Crippen molar-refractivity contribution in [3.05, 3.63) is 35.3 Å². The van der Waals surface area contributed by atoms with Gasteiger partial charge in [0.15, 0.2) is 0 Å². The molecule has 0 fully saturated rings. The SMILES string of the molecule is C=CCN(CCOC)S(=O)(=O)c1cc(Br)ccc1N. The number of hydrogen-bond donors (Lipinski definition) is 1. The number of sulfonamides is 1. The third-order valence-electron chi connectivity index (χ3n) is 2.47. The molecule has 1 aromatic rings. The Kier molecular flexibility index (Phi) is 5.99. The van der Waals surface area contributed by atoms with E-state index in [0.717, 1.165) is 0 Å². The largest absolute Gasteiger partial charge is 0.398 e. The number of nitrogen functional groups attached to an aromatic ring is 1. The van der Waals surface area contributed by atoms with E-state index in [1.165, 1.54) is 23.6 Å². The van der Waals surface area contributed by atoms with Crippen LogP contribution < -0.4 is 5.73 Å². The van der Waals surface area contributed by atoms with Gasteiger partial charge < -0.3 is 10.5 Å². The minimum atomic E-state index is -3.66. The summed E-state index contributed by atoms with van der Waals surface area (Å²) >= 11 is 3.25. The molecule has 0 atom stereocenters. The standard InChI is InChI=1S/C12H17BrN2O3S/c1-3-6-15(7-8-18-2)19(16,17)12-9-10(13)4-5-11(12)14/h3-5,9H,1,6-8,14H2,2H3. The highest BCUT2D eigenvalue weighted by Gasteiger charge is 2.25. The van der Waals surface area contributed by atoms with Gasteiger partial charge in [-0.05, 0) is 18.2 Å². The molecule has 106 valence electrons. The van der Waals surface area contributed by atoms with Crippen LogP contribution in [0.4, 0.5) is 5.69 Å². The van der Waals surface area contributed by atoms with E-state index in [1.807, 2.05) is 0 Å². The number of nitrogens with zero attached hydrogens (tertiary/aromatic N) is 1. The number of hydrogen-bond acceptors (Lipinski definition) is 4.